The number of hydrogen-bond donors (Lipinski definition) is 2. The summed E-state index contributed by atoms with van der Waals surface area (Å²) < 4.78 is 5.82. The van der Waals surface area contributed by atoms with Crippen LogP contribution in [-0.4, -0.2) is 35.5 Å². The zero-order chi connectivity index (χ0) is 19.8. The van der Waals surface area contributed by atoms with Gasteiger partial charge in [0.15, 0.2) is 5.60 Å². The van der Waals surface area contributed by atoms with Crippen molar-refractivity contribution in [2.24, 2.45) is 0 Å². The Morgan fingerprint density at radius 2 is 2.04 bits per heavy atom. The number of carbonyl (C=O) groups is 2. The average Bonchev–Trinajstić information content (AvgIpc) is 2.61. The molecule has 142 valence electrons. The summed E-state index contributed by atoms with van der Waals surface area (Å²) in [6.07, 6.45) is 0. The molecule has 2 N–H and O–H groups in total. The van der Waals surface area contributed by atoms with E-state index < -0.39 is 5.60 Å². The molecule has 27 heavy (non-hydrogen) atoms. The lowest BCUT2D eigenvalue weighted by Crippen LogP contribution is -2.50. The molecule has 0 saturated carbocycles. The van der Waals surface area contributed by atoms with Gasteiger partial charge in [-0.25, -0.2) is 0 Å². The van der Waals surface area contributed by atoms with E-state index in [0.717, 1.165) is 0 Å². The predicted molar refractivity (Wildman–Crippen MR) is 105 cm³/mol. The smallest absolute Gasteiger partial charge is 0.275 e. The van der Waals surface area contributed by atoms with Gasteiger partial charge in [0.1, 0.15) is 11.5 Å². The van der Waals surface area contributed by atoms with Crippen molar-refractivity contribution in [2.45, 2.75) is 32.4 Å². The maximum atomic E-state index is 13.0. The Balaban J connectivity index is 2.02. The SMILES string of the molecule is CN[C@@H](C)C(=O)Nc1ccc2c(n1)OC(C)(C)C(=O)N2c1cccc(Cl)c1. The summed E-state index contributed by atoms with van der Waals surface area (Å²) in [6.45, 7) is 5.09. The molecule has 3 rings (SSSR count). The number of aromatic nitrogens is 1. The number of rotatable bonds is 4. The normalized spacial score (nSPS) is 16.3. The molecule has 1 aromatic heterocycles. The number of anilines is 3. The Labute approximate surface area is 162 Å². The molecule has 2 heterocycles. The number of ether oxygens (including phenoxy) is 1. The Morgan fingerprint density at radius 3 is 2.70 bits per heavy atom. The quantitative estimate of drug-likeness (QED) is 0.840. The number of carbonyl (C=O) groups excluding carboxylic acids is 2. The largest absolute Gasteiger partial charge is 0.460 e. The van der Waals surface area contributed by atoms with Crippen molar-refractivity contribution in [1.82, 2.24) is 10.3 Å². The molecule has 1 aliphatic heterocycles. The van der Waals surface area contributed by atoms with E-state index >= 15 is 0 Å². The highest BCUT2D eigenvalue weighted by Crippen LogP contribution is 2.41. The van der Waals surface area contributed by atoms with E-state index in [4.69, 9.17) is 16.3 Å². The van der Waals surface area contributed by atoms with Crippen molar-refractivity contribution in [3.05, 3.63) is 41.4 Å². The maximum Gasteiger partial charge on any atom is 0.275 e. The lowest BCUT2D eigenvalue weighted by Gasteiger charge is -2.38. The summed E-state index contributed by atoms with van der Waals surface area (Å²) in [5.74, 6) is 0.147. The summed E-state index contributed by atoms with van der Waals surface area (Å²) in [7, 11) is 1.70. The van der Waals surface area contributed by atoms with Gasteiger partial charge >= 0.3 is 0 Å². The van der Waals surface area contributed by atoms with Crippen LogP contribution in [-0.2, 0) is 9.59 Å². The third-order valence-electron chi connectivity index (χ3n) is 4.30. The van der Waals surface area contributed by atoms with Crippen LogP contribution in [0.2, 0.25) is 5.02 Å². The molecule has 0 fully saturated rings. The fraction of sp³-hybridized carbons (Fsp3) is 0.316. The third kappa shape index (κ3) is 3.74. The number of fused-ring (bicyclic) bond motifs is 1. The molecule has 7 nitrogen and oxygen atoms in total. The van der Waals surface area contributed by atoms with Gasteiger partial charge in [-0.2, -0.15) is 4.98 Å². The first-order valence-corrected chi connectivity index (χ1v) is 8.89. The topological polar surface area (TPSA) is 83.6 Å². The molecule has 0 saturated heterocycles. The Hall–Kier alpha value is -2.64. The van der Waals surface area contributed by atoms with Gasteiger partial charge in [-0.15, -0.1) is 0 Å². The highest BCUT2D eigenvalue weighted by Gasteiger charge is 2.42. The van der Waals surface area contributed by atoms with Crippen LogP contribution in [0.15, 0.2) is 36.4 Å². The van der Waals surface area contributed by atoms with Crippen LogP contribution in [0.1, 0.15) is 20.8 Å². The molecule has 0 spiro atoms. The molecule has 0 unspecified atom stereocenters. The molecule has 0 aliphatic carbocycles. The lowest BCUT2D eigenvalue weighted by atomic mass is 10.0. The second kappa shape index (κ2) is 7.17. The highest BCUT2D eigenvalue weighted by atomic mass is 35.5. The van der Waals surface area contributed by atoms with E-state index in [1.165, 1.54) is 4.90 Å². The molecular formula is C19H21ClN4O3. The van der Waals surface area contributed by atoms with Gasteiger partial charge in [-0.3, -0.25) is 14.5 Å². The molecule has 1 aliphatic rings. The van der Waals surface area contributed by atoms with Crippen molar-refractivity contribution in [3.63, 3.8) is 0 Å². The van der Waals surface area contributed by atoms with Crippen LogP contribution >= 0.6 is 11.6 Å². The minimum atomic E-state index is -1.12. The molecule has 8 heteroatoms. The summed E-state index contributed by atoms with van der Waals surface area (Å²) in [4.78, 5) is 31.0. The van der Waals surface area contributed by atoms with E-state index in [1.807, 2.05) is 0 Å². The van der Waals surface area contributed by atoms with Crippen LogP contribution in [0, 0.1) is 0 Å². The molecule has 1 atom stereocenters. The fourth-order valence-electron chi connectivity index (χ4n) is 2.65. The van der Waals surface area contributed by atoms with Crippen molar-refractivity contribution in [1.29, 1.82) is 0 Å². The number of hydrogen-bond acceptors (Lipinski definition) is 5. The van der Waals surface area contributed by atoms with Gasteiger partial charge in [0.2, 0.25) is 11.8 Å². The third-order valence-corrected chi connectivity index (χ3v) is 4.53. The molecule has 2 aromatic rings. The Morgan fingerprint density at radius 1 is 1.30 bits per heavy atom. The summed E-state index contributed by atoms with van der Waals surface area (Å²) >= 11 is 6.10. The van der Waals surface area contributed by atoms with Gasteiger partial charge in [-0.1, -0.05) is 17.7 Å². The first kappa shape index (κ1) is 19.1. The van der Waals surface area contributed by atoms with E-state index in [0.29, 0.717) is 22.2 Å². The number of likely N-dealkylation sites (N-methyl/N-ethyl adjacent to an activating group) is 1. The summed E-state index contributed by atoms with van der Waals surface area (Å²) in [5, 5.41) is 6.11. The molecule has 0 radical (unpaired) electrons. The number of amides is 2. The zero-order valence-corrected chi connectivity index (χ0v) is 16.3. The van der Waals surface area contributed by atoms with Crippen molar-refractivity contribution < 1.29 is 14.3 Å². The average molecular weight is 389 g/mol. The van der Waals surface area contributed by atoms with Gasteiger partial charge in [-0.05, 0) is 58.2 Å². The first-order valence-electron chi connectivity index (χ1n) is 8.51. The lowest BCUT2D eigenvalue weighted by molar-refractivity contribution is -0.132. The van der Waals surface area contributed by atoms with Crippen LogP contribution in [0.25, 0.3) is 0 Å². The molecular weight excluding hydrogens is 368 g/mol. The van der Waals surface area contributed by atoms with E-state index in [-0.39, 0.29) is 23.7 Å². The van der Waals surface area contributed by atoms with Gasteiger partial charge in [0, 0.05) is 5.02 Å². The molecule has 0 bridgehead atoms. The minimum Gasteiger partial charge on any atom is -0.460 e. The number of halogens is 1. The number of nitrogens with one attached hydrogen (secondary N) is 2. The number of pyridine rings is 1. The van der Waals surface area contributed by atoms with Gasteiger partial charge in [0.25, 0.3) is 5.91 Å². The van der Waals surface area contributed by atoms with Crippen LogP contribution in [0.4, 0.5) is 17.2 Å². The minimum absolute atomic E-state index is 0.220. The highest BCUT2D eigenvalue weighted by molar-refractivity contribution is 6.31. The van der Waals surface area contributed by atoms with Crippen molar-refractivity contribution in [2.75, 3.05) is 17.3 Å². The van der Waals surface area contributed by atoms with Crippen LogP contribution in [0.3, 0.4) is 0 Å². The van der Waals surface area contributed by atoms with Crippen molar-refractivity contribution >= 4 is 40.6 Å². The fourth-order valence-corrected chi connectivity index (χ4v) is 2.83. The first-order chi connectivity index (χ1) is 12.7. The van der Waals surface area contributed by atoms with E-state index in [9.17, 15) is 9.59 Å². The Bertz CT molecular complexity index is 900. The van der Waals surface area contributed by atoms with Crippen LogP contribution in [0.5, 0.6) is 5.88 Å². The standard InChI is InChI=1S/C19H21ClN4O3/c1-11(21-4)16(25)22-15-9-8-14-17(23-15)27-19(2,3)18(26)24(14)13-7-5-6-12(20)10-13/h5-11,21H,1-4H3,(H,22,23,25)/t11-/m0/s1. The summed E-state index contributed by atoms with van der Waals surface area (Å²) in [6, 6.07) is 9.95. The zero-order valence-electron chi connectivity index (χ0n) is 15.5. The predicted octanol–water partition coefficient (Wildman–Crippen LogP) is 3.12. The van der Waals surface area contributed by atoms with E-state index in [1.54, 1.807) is 64.2 Å². The van der Waals surface area contributed by atoms with Crippen molar-refractivity contribution in [3.8, 4) is 5.88 Å². The summed E-state index contributed by atoms with van der Waals surface area (Å²) in [5.41, 5.74) is -0.0165. The number of nitrogens with zero attached hydrogens (tertiary/aromatic N) is 2. The van der Waals surface area contributed by atoms with E-state index in [2.05, 4.69) is 15.6 Å². The van der Waals surface area contributed by atoms with Crippen LogP contribution < -0.4 is 20.3 Å². The van der Waals surface area contributed by atoms with Gasteiger partial charge < -0.3 is 15.4 Å². The monoisotopic (exact) mass is 388 g/mol. The Kier molecular flexibility index (Phi) is 5.08. The molecule has 1 aromatic carbocycles. The number of benzene rings is 1. The van der Waals surface area contributed by atoms with Gasteiger partial charge in [0.05, 0.1) is 11.7 Å². The maximum absolute atomic E-state index is 13.0. The second-order valence-corrected chi connectivity index (χ2v) is 7.19. The second-order valence-electron chi connectivity index (χ2n) is 6.75. The molecule has 2 amide bonds.